The smallest absolute Gasteiger partial charge is 0.338 e. The summed E-state index contributed by atoms with van der Waals surface area (Å²) in [5, 5.41) is 3.27. The van der Waals surface area contributed by atoms with Crippen molar-refractivity contribution in [3.8, 4) is 0 Å². The molecular formula is C15H24N2O2. The molecule has 0 aliphatic rings. The fourth-order valence-corrected chi connectivity index (χ4v) is 1.78. The predicted molar refractivity (Wildman–Crippen MR) is 79.4 cm³/mol. The van der Waals surface area contributed by atoms with Gasteiger partial charge in [0.2, 0.25) is 0 Å². The molecule has 0 saturated heterocycles. The van der Waals surface area contributed by atoms with Crippen LogP contribution in [0.15, 0.2) is 18.2 Å². The van der Waals surface area contributed by atoms with Gasteiger partial charge in [0, 0.05) is 6.54 Å². The molecule has 0 aliphatic carbocycles. The van der Waals surface area contributed by atoms with E-state index in [0.717, 1.165) is 18.7 Å². The maximum Gasteiger partial charge on any atom is 0.338 e. The molecule has 0 amide bonds. The number of nitrogens with two attached hydrogens (primary N) is 1. The second kappa shape index (κ2) is 7.67. The topological polar surface area (TPSA) is 64.3 Å². The number of hydrogen-bond acceptors (Lipinski definition) is 4. The average molecular weight is 264 g/mol. The van der Waals surface area contributed by atoms with Crippen LogP contribution in [-0.4, -0.2) is 19.1 Å². The van der Waals surface area contributed by atoms with Gasteiger partial charge in [0.1, 0.15) is 0 Å². The minimum atomic E-state index is -0.312. The SMILES string of the molecule is CCOC(=O)c1ccc(N)c(NCCCC(C)C)c1. The molecule has 0 spiro atoms. The Morgan fingerprint density at radius 2 is 2.16 bits per heavy atom. The molecule has 106 valence electrons. The van der Waals surface area contributed by atoms with Crippen molar-refractivity contribution >= 4 is 17.3 Å². The van der Waals surface area contributed by atoms with Crippen molar-refractivity contribution in [3.05, 3.63) is 23.8 Å². The van der Waals surface area contributed by atoms with Crippen molar-refractivity contribution in [2.24, 2.45) is 5.92 Å². The largest absolute Gasteiger partial charge is 0.462 e. The second-order valence-electron chi connectivity index (χ2n) is 4.99. The van der Waals surface area contributed by atoms with Crippen LogP contribution in [-0.2, 0) is 4.74 Å². The van der Waals surface area contributed by atoms with Crippen LogP contribution in [0.4, 0.5) is 11.4 Å². The number of carbonyl (C=O) groups is 1. The molecule has 1 rings (SSSR count). The summed E-state index contributed by atoms with van der Waals surface area (Å²) in [4.78, 5) is 11.6. The second-order valence-corrected chi connectivity index (χ2v) is 4.99. The van der Waals surface area contributed by atoms with Crippen LogP contribution in [0.1, 0.15) is 44.0 Å². The minimum Gasteiger partial charge on any atom is -0.462 e. The van der Waals surface area contributed by atoms with Gasteiger partial charge in [-0.15, -0.1) is 0 Å². The van der Waals surface area contributed by atoms with E-state index in [9.17, 15) is 4.79 Å². The number of nitrogen functional groups attached to an aromatic ring is 1. The van der Waals surface area contributed by atoms with Crippen molar-refractivity contribution < 1.29 is 9.53 Å². The van der Waals surface area contributed by atoms with Crippen LogP contribution in [0, 0.1) is 5.92 Å². The Kier molecular flexibility index (Phi) is 6.19. The number of carbonyl (C=O) groups excluding carboxylic acids is 1. The first-order valence-electron chi connectivity index (χ1n) is 6.85. The lowest BCUT2D eigenvalue weighted by Crippen LogP contribution is -2.09. The van der Waals surface area contributed by atoms with Crippen LogP contribution >= 0.6 is 0 Å². The minimum absolute atomic E-state index is 0.312. The molecule has 19 heavy (non-hydrogen) atoms. The molecule has 0 aromatic heterocycles. The van der Waals surface area contributed by atoms with Gasteiger partial charge in [-0.3, -0.25) is 0 Å². The highest BCUT2D eigenvalue weighted by atomic mass is 16.5. The van der Waals surface area contributed by atoms with Gasteiger partial charge in [0.15, 0.2) is 0 Å². The zero-order chi connectivity index (χ0) is 14.3. The number of esters is 1. The van der Waals surface area contributed by atoms with Gasteiger partial charge in [0.05, 0.1) is 23.5 Å². The van der Waals surface area contributed by atoms with Crippen LogP contribution in [0.5, 0.6) is 0 Å². The van der Waals surface area contributed by atoms with Gasteiger partial charge in [-0.1, -0.05) is 13.8 Å². The molecule has 0 bridgehead atoms. The van der Waals surface area contributed by atoms with E-state index in [4.69, 9.17) is 10.5 Å². The first kappa shape index (κ1) is 15.3. The lowest BCUT2D eigenvalue weighted by molar-refractivity contribution is 0.0526. The standard InChI is InChI=1S/C15H24N2O2/c1-4-19-15(18)12-7-8-13(16)14(10-12)17-9-5-6-11(2)3/h7-8,10-11,17H,4-6,9,16H2,1-3H3. The molecule has 4 heteroatoms. The molecular weight excluding hydrogens is 240 g/mol. The maximum absolute atomic E-state index is 11.6. The summed E-state index contributed by atoms with van der Waals surface area (Å²) >= 11 is 0. The zero-order valence-corrected chi connectivity index (χ0v) is 12.0. The Bertz CT molecular complexity index is 417. The van der Waals surface area contributed by atoms with Crippen LogP contribution in [0.2, 0.25) is 0 Å². The highest BCUT2D eigenvalue weighted by molar-refractivity contribution is 5.92. The van der Waals surface area contributed by atoms with E-state index >= 15 is 0 Å². The summed E-state index contributed by atoms with van der Waals surface area (Å²) in [7, 11) is 0. The normalized spacial score (nSPS) is 10.5. The average Bonchev–Trinajstić information content (AvgIpc) is 2.36. The van der Waals surface area contributed by atoms with Gasteiger partial charge < -0.3 is 15.8 Å². The van der Waals surface area contributed by atoms with Crippen molar-refractivity contribution in [1.29, 1.82) is 0 Å². The molecule has 3 N–H and O–H groups in total. The van der Waals surface area contributed by atoms with Gasteiger partial charge in [-0.25, -0.2) is 4.79 Å². The van der Waals surface area contributed by atoms with Crippen molar-refractivity contribution in [3.63, 3.8) is 0 Å². The third-order valence-electron chi connectivity index (χ3n) is 2.84. The van der Waals surface area contributed by atoms with Crippen LogP contribution < -0.4 is 11.1 Å². The van der Waals surface area contributed by atoms with E-state index in [2.05, 4.69) is 19.2 Å². The number of benzene rings is 1. The third kappa shape index (κ3) is 5.20. The molecule has 0 radical (unpaired) electrons. The first-order chi connectivity index (χ1) is 9.04. The monoisotopic (exact) mass is 264 g/mol. The van der Waals surface area contributed by atoms with Gasteiger partial charge >= 0.3 is 5.97 Å². The van der Waals surface area contributed by atoms with E-state index in [1.807, 2.05) is 0 Å². The first-order valence-corrected chi connectivity index (χ1v) is 6.85. The van der Waals surface area contributed by atoms with Crippen LogP contribution in [0.25, 0.3) is 0 Å². The summed E-state index contributed by atoms with van der Waals surface area (Å²) in [5.74, 6) is 0.387. The summed E-state index contributed by atoms with van der Waals surface area (Å²) in [6, 6.07) is 5.17. The Labute approximate surface area is 115 Å². The quantitative estimate of drug-likeness (QED) is 0.450. The molecule has 0 unspecified atom stereocenters. The van der Waals surface area contributed by atoms with Crippen molar-refractivity contribution in [2.45, 2.75) is 33.6 Å². The van der Waals surface area contributed by atoms with Gasteiger partial charge in [-0.2, -0.15) is 0 Å². The Morgan fingerprint density at radius 3 is 2.79 bits per heavy atom. The fraction of sp³-hybridized carbons (Fsp3) is 0.533. The fourth-order valence-electron chi connectivity index (χ4n) is 1.78. The molecule has 0 heterocycles. The Balaban J connectivity index is 2.61. The van der Waals surface area contributed by atoms with E-state index < -0.39 is 0 Å². The molecule has 0 saturated carbocycles. The lowest BCUT2D eigenvalue weighted by atomic mass is 10.1. The Hall–Kier alpha value is -1.71. The summed E-state index contributed by atoms with van der Waals surface area (Å²) < 4.78 is 4.97. The lowest BCUT2D eigenvalue weighted by Gasteiger charge is -2.11. The number of rotatable bonds is 7. The summed E-state index contributed by atoms with van der Waals surface area (Å²) in [6.07, 6.45) is 2.26. The molecule has 0 atom stereocenters. The van der Waals surface area contributed by atoms with Crippen molar-refractivity contribution in [1.82, 2.24) is 0 Å². The number of hydrogen-bond donors (Lipinski definition) is 2. The Morgan fingerprint density at radius 1 is 1.42 bits per heavy atom. The molecule has 0 fully saturated rings. The third-order valence-corrected chi connectivity index (χ3v) is 2.84. The zero-order valence-electron chi connectivity index (χ0n) is 12.0. The predicted octanol–water partition coefficient (Wildman–Crippen LogP) is 3.29. The van der Waals surface area contributed by atoms with Crippen LogP contribution in [0.3, 0.4) is 0 Å². The summed E-state index contributed by atoms with van der Waals surface area (Å²) in [5.41, 5.74) is 7.87. The van der Waals surface area contributed by atoms with Gasteiger partial charge in [0.25, 0.3) is 0 Å². The van der Waals surface area contributed by atoms with E-state index in [-0.39, 0.29) is 5.97 Å². The molecule has 4 nitrogen and oxygen atoms in total. The summed E-state index contributed by atoms with van der Waals surface area (Å²) in [6.45, 7) is 7.43. The number of ether oxygens (including phenoxy) is 1. The van der Waals surface area contributed by atoms with E-state index in [1.165, 1.54) is 6.42 Å². The van der Waals surface area contributed by atoms with E-state index in [1.54, 1.807) is 25.1 Å². The number of nitrogens with one attached hydrogen (secondary N) is 1. The molecule has 1 aromatic carbocycles. The highest BCUT2D eigenvalue weighted by Gasteiger charge is 2.08. The maximum atomic E-state index is 11.6. The van der Waals surface area contributed by atoms with E-state index in [0.29, 0.717) is 23.8 Å². The van der Waals surface area contributed by atoms with Gasteiger partial charge in [-0.05, 0) is 43.9 Å². The molecule has 0 aliphatic heterocycles. The van der Waals surface area contributed by atoms with Crippen molar-refractivity contribution in [2.75, 3.05) is 24.2 Å². The number of anilines is 2. The molecule has 1 aromatic rings. The highest BCUT2D eigenvalue weighted by Crippen LogP contribution is 2.21.